The summed E-state index contributed by atoms with van der Waals surface area (Å²) in [5.41, 5.74) is 0.940. The van der Waals surface area contributed by atoms with Crippen LogP contribution in [-0.2, 0) is 4.79 Å². The number of rotatable bonds is 2. The number of para-hydroxylation sites is 2. The van der Waals surface area contributed by atoms with E-state index in [-0.39, 0.29) is 23.8 Å². The van der Waals surface area contributed by atoms with Crippen LogP contribution >= 0.6 is 0 Å². The summed E-state index contributed by atoms with van der Waals surface area (Å²) in [6, 6.07) is 7.98. The lowest BCUT2D eigenvalue weighted by Crippen LogP contribution is -2.42. The topological polar surface area (TPSA) is 99.9 Å². The third-order valence-electron chi connectivity index (χ3n) is 3.07. The molecule has 21 heavy (non-hydrogen) atoms. The summed E-state index contributed by atoms with van der Waals surface area (Å²) in [5.74, 6) is -2.21. The van der Waals surface area contributed by atoms with E-state index >= 15 is 0 Å². The van der Waals surface area contributed by atoms with Gasteiger partial charge in [0.25, 0.3) is 5.91 Å². The number of carboxylic acids is 1. The zero-order valence-electron chi connectivity index (χ0n) is 10.7. The number of carboxylic acid groups (broad SMARTS) is 1. The lowest BCUT2D eigenvalue weighted by atomic mass is 10.2. The van der Waals surface area contributed by atoms with Gasteiger partial charge in [0.05, 0.1) is 16.9 Å². The van der Waals surface area contributed by atoms with Crippen LogP contribution in [0.3, 0.4) is 0 Å². The summed E-state index contributed by atoms with van der Waals surface area (Å²) in [7, 11) is 0. The first-order chi connectivity index (χ1) is 10.1. The number of nitrogens with one attached hydrogen (secondary N) is 1. The van der Waals surface area contributed by atoms with Crippen LogP contribution in [0.1, 0.15) is 20.9 Å². The molecular formula is C14H10N2O5. The molecular weight excluding hydrogens is 276 g/mol. The van der Waals surface area contributed by atoms with Crippen molar-refractivity contribution in [2.45, 2.75) is 0 Å². The predicted molar refractivity (Wildman–Crippen MR) is 72.4 cm³/mol. The van der Waals surface area contributed by atoms with E-state index in [0.29, 0.717) is 11.4 Å². The zero-order valence-corrected chi connectivity index (χ0v) is 10.7. The second-order valence-corrected chi connectivity index (χ2v) is 4.46. The maximum absolute atomic E-state index is 12.4. The Bertz CT molecular complexity index is 749. The van der Waals surface area contributed by atoms with Gasteiger partial charge in [0, 0.05) is 6.07 Å². The molecule has 0 spiro atoms. The van der Waals surface area contributed by atoms with Gasteiger partial charge in [-0.2, -0.15) is 0 Å². The zero-order chi connectivity index (χ0) is 15.0. The van der Waals surface area contributed by atoms with Gasteiger partial charge in [-0.25, -0.2) is 4.79 Å². The van der Waals surface area contributed by atoms with E-state index < -0.39 is 11.9 Å². The van der Waals surface area contributed by atoms with Crippen molar-refractivity contribution in [1.29, 1.82) is 0 Å². The molecule has 0 saturated carbocycles. The van der Waals surface area contributed by atoms with E-state index in [2.05, 4.69) is 5.32 Å². The number of amides is 2. The summed E-state index contributed by atoms with van der Waals surface area (Å²) >= 11 is 0. The van der Waals surface area contributed by atoms with Crippen molar-refractivity contribution in [2.24, 2.45) is 0 Å². The van der Waals surface area contributed by atoms with Crippen molar-refractivity contribution in [1.82, 2.24) is 0 Å². The minimum Gasteiger partial charge on any atom is -0.478 e. The summed E-state index contributed by atoms with van der Waals surface area (Å²) in [5, 5.41) is 11.5. The molecule has 1 aromatic carbocycles. The molecule has 0 atom stereocenters. The maximum Gasteiger partial charge on any atom is 0.338 e. The number of furan rings is 1. The first-order valence-electron chi connectivity index (χ1n) is 6.09. The molecule has 1 aromatic heterocycles. The number of hydrogen-bond acceptors (Lipinski definition) is 4. The molecule has 1 aliphatic heterocycles. The smallest absolute Gasteiger partial charge is 0.338 e. The number of fused-ring (bicyclic) bond motifs is 1. The highest BCUT2D eigenvalue weighted by atomic mass is 16.4. The normalized spacial score (nSPS) is 13.5. The van der Waals surface area contributed by atoms with Crippen molar-refractivity contribution in [2.75, 3.05) is 16.8 Å². The third kappa shape index (κ3) is 2.25. The van der Waals surface area contributed by atoms with Crippen molar-refractivity contribution in [3.05, 3.63) is 47.9 Å². The summed E-state index contributed by atoms with van der Waals surface area (Å²) in [6.07, 6.45) is 0.992. The summed E-state index contributed by atoms with van der Waals surface area (Å²) < 4.78 is 4.99. The molecule has 7 heteroatoms. The predicted octanol–water partition coefficient (Wildman–Crippen LogP) is 1.58. The van der Waals surface area contributed by atoms with Gasteiger partial charge in [0.2, 0.25) is 5.91 Å². The Kier molecular flexibility index (Phi) is 2.94. The second-order valence-electron chi connectivity index (χ2n) is 4.46. The van der Waals surface area contributed by atoms with Crippen LogP contribution in [0.5, 0.6) is 0 Å². The van der Waals surface area contributed by atoms with Crippen LogP contribution in [0.15, 0.2) is 41.0 Å². The van der Waals surface area contributed by atoms with Gasteiger partial charge in [-0.15, -0.1) is 0 Å². The van der Waals surface area contributed by atoms with Gasteiger partial charge in [-0.3, -0.25) is 14.5 Å². The van der Waals surface area contributed by atoms with Gasteiger partial charge >= 0.3 is 5.97 Å². The van der Waals surface area contributed by atoms with Crippen LogP contribution in [0.25, 0.3) is 0 Å². The molecule has 106 valence electrons. The Morgan fingerprint density at radius 3 is 2.76 bits per heavy atom. The lowest BCUT2D eigenvalue weighted by molar-refractivity contribution is -0.115. The van der Waals surface area contributed by atoms with E-state index in [4.69, 9.17) is 9.52 Å². The Balaban J connectivity index is 1.97. The molecule has 2 N–H and O–H groups in total. The highest BCUT2D eigenvalue weighted by molar-refractivity contribution is 6.14. The van der Waals surface area contributed by atoms with Crippen LogP contribution in [-0.4, -0.2) is 29.4 Å². The molecule has 1 aliphatic rings. The number of aromatic carboxylic acids is 1. The SMILES string of the molecule is O=C1CN(C(=O)c2cc(C(=O)O)co2)c2ccccc2N1. The molecule has 7 nitrogen and oxygen atoms in total. The fourth-order valence-corrected chi connectivity index (χ4v) is 2.11. The number of nitrogens with zero attached hydrogens (tertiary/aromatic N) is 1. The average molecular weight is 286 g/mol. The van der Waals surface area contributed by atoms with E-state index in [9.17, 15) is 14.4 Å². The molecule has 2 amide bonds. The van der Waals surface area contributed by atoms with Crippen LogP contribution in [0.2, 0.25) is 0 Å². The minimum atomic E-state index is -1.19. The van der Waals surface area contributed by atoms with Gasteiger partial charge < -0.3 is 14.8 Å². The van der Waals surface area contributed by atoms with Crippen LogP contribution in [0.4, 0.5) is 11.4 Å². The second kappa shape index (κ2) is 4.78. The summed E-state index contributed by atoms with van der Waals surface area (Å²) in [6.45, 7) is -0.154. The standard InChI is InChI=1S/C14H10N2O5/c17-12-6-16(10-4-2-1-3-9(10)15-12)13(18)11-5-8(7-21-11)14(19)20/h1-5,7H,6H2,(H,15,17)(H,19,20). The van der Waals surface area contributed by atoms with E-state index in [1.54, 1.807) is 24.3 Å². The summed E-state index contributed by atoms with van der Waals surface area (Å²) in [4.78, 5) is 36.1. The molecule has 2 aromatic rings. The fourth-order valence-electron chi connectivity index (χ4n) is 2.11. The van der Waals surface area contributed by atoms with E-state index in [1.165, 1.54) is 4.90 Å². The number of anilines is 2. The number of carbonyl (C=O) groups excluding carboxylic acids is 2. The lowest BCUT2D eigenvalue weighted by Gasteiger charge is -2.28. The Morgan fingerprint density at radius 2 is 2.05 bits per heavy atom. The maximum atomic E-state index is 12.4. The third-order valence-corrected chi connectivity index (χ3v) is 3.07. The minimum absolute atomic E-state index is 0.118. The molecule has 0 saturated heterocycles. The highest BCUT2D eigenvalue weighted by Crippen LogP contribution is 2.30. The quantitative estimate of drug-likeness (QED) is 0.873. The molecule has 0 radical (unpaired) electrons. The monoisotopic (exact) mass is 286 g/mol. The van der Waals surface area contributed by atoms with Crippen molar-refractivity contribution < 1.29 is 23.9 Å². The number of carbonyl (C=O) groups is 3. The molecule has 2 heterocycles. The van der Waals surface area contributed by atoms with Gasteiger partial charge in [-0.05, 0) is 12.1 Å². The Labute approximate surface area is 118 Å². The first kappa shape index (κ1) is 12.9. The molecule has 0 fully saturated rings. The molecule has 3 rings (SSSR count). The van der Waals surface area contributed by atoms with Crippen molar-refractivity contribution >= 4 is 29.2 Å². The largest absolute Gasteiger partial charge is 0.478 e. The van der Waals surface area contributed by atoms with E-state index in [0.717, 1.165) is 12.3 Å². The fraction of sp³-hybridized carbons (Fsp3) is 0.0714. The van der Waals surface area contributed by atoms with E-state index in [1.807, 2.05) is 0 Å². The number of hydrogen-bond donors (Lipinski definition) is 2. The Hall–Kier alpha value is -3.09. The van der Waals surface area contributed by atoms with Gasteiger partial charge in [-0.1, -0.05) is 12.1 Å². The highest BCUT2D eigenvalue weighted by Gasteiger charge is 2.29. The van der Waals surface area contributed by atoms with Crippen molar-refractivity contribution in [3.8, 4) is 0 Å². The molecule has 0 bridgehead atoms. The van der Waals surface area contributed by atoms with Crippen molar-refractivity contribution in [3.63, 3.8) is 0 Å². The first-order valence-corrected chi connectivity index (χ1v) is 6.09. The average Bonchev–Trinajstić information content (AvgIpc) is 2.95. The Morgan fingerprint density at radius 1 is 1.29 bits per heavy atom. The molecule has 0 unspecified atom stereocenters. The number of benzene rings is 1. The molecule has 0 aliphatic carbocycles. The van der Waals surface area contributed by atoms with Crippen LogP contribution in [0, 0.1) is 0 Å². The van der Waals surface area contributed by atoms with Gasteiger partial charge in [0.15, 0.2) is 5.76 Å². The van der Waals surface area contributed by atoms with Gasteiger partial charge in [0.1, 0.15) is 12.8 Å². The van der Waals surface area contributed by atoms with Crippen LogP contribution < -0.4 is 10.2 Å².